The summed E-state index contributed by atoms with van der Waals surface area (Å²) in [6.07, 6.45) is 2.18. The van der Waals surface area contributed by atoms with Crippen LogP contribution in [0.25, 0.3) is 0 Å². The third-order valence-electron chi connectivity index (χ3n) is 2.70. The van der Waals surface area contributed by atoms with E-state index in [2.05, 4.69) is 4.90 Å². The largest absolute Gasteiger partial charge is 0.389 e. The number of piperidine rings is 1. The zero-order valence-electron chi connectivity index (χ0n) is 9.11. The van der Waals surface area contributed by atoms with Gasteiger partial charge in [-0.25, -0.2) is 0 Å². The monoisotopic (exact) mass is 203 g/mol. The predicted molar refractivity (Wildman–Crippen MR) is 54.4 cm³/mol. The highest BCUT2D eigenvalue weighted by atomic mass is 16.5. The van der Waals surface area contributed by atoms with Gasteiger partial charge in [-0.3, -0.25) is 0 Å². The fraction of sp³-hybridized carbons (Fsp3) is 1.00. The lowest BCUT2D eigenvalue weighted by Crippen LogP contribution is -2.41. The number of aliphatic hydroxyl groups is 1. The minimum Gasteiger partial charge on any atom is -0.389 e. The van der Waals surface area contributed by atoms with Gasteiger partial charge in [0.05, 0.1) is 18.8 Å². The summed E-state index contributed by atoms with van der Waals surface area (Å²) in [5, 5.41) is 9.53. The van der Waals surface area contributed by atoms with Gasteiger partial charge < -0.3 is 19.5 Å². The maximum absolute atomic E-state index is 9.53. The molecule has 1 aliphatic rings. The molecule has 0 spiro atoms. The number of ether oxygens (including phenoxy) is 2. The average molecular weight is 203 g/mol. The number of β-amino-alcohol motifs (C(OH)–C–C–N with tert-alkyl or cyclic N) is 1. The fourth-order valence-electron chi connectivity index (χ4n) is 1.87. The Morgan fingerprint density at radius 2 is 2.00 bits per heavy atom. The van der Waals surface area contributed by atoms with Crippen LogP contribution in [0.15, 0.2) is 0 Å². The van der Waals surface area contributed by atoms with Gasteiger partial charge in [0, 0.05) is 33.9 Å². The molecule has 1 aliphatic heterocycles. The summed E-state index contributed by atoms with van der Waals surface area (Å²) in [7, 11) is 3.38. The standard InChI is InChI=1S/C10H21NO3/c1-13-8-9(12)7-11-5-3-10(14-2)4-6-11/h9-10,12H,3-8H2,1-2H3. The van der Waals surface area contributed by atoms with Crippen molar-refractivity contribution in [1.29, 1.82) is 0 Å². The maximum Gasteiger partial charge on any atom is 0.0900 e. The molecule has 1 rings (SSSR count). The van der Waals surface area contributed by atoms with Crippen molar-refractivity contribution in [3.63, 3.8) is 0 Å². The molecule has 1 heterocycles. The van der Waals surface area contributed by atoms with E-state index in [9.17, 15) is 5.11 Å². The Bertz CT molecular complexity index is 146. The second kappa shape index (κ2) is 6.35. The molecule has 0 bridgehead atoms. The van der Waals surface area contributed by atoms with Crippen LogP contribution < -0.4 is 0 Å². The van der Waals surface area contributed by atoms with Crippen molar-refractivity contribution < 1.29 is 14.6 Å². The van der Waals surface area contributed by atoms with Crippen molar-refractivity contribution in [1.82, 2.24) is 4.90 Å². The Balaban J connectivity index is 2.15. The number of hydrogen-bond donors (Lipinski definition) is 1. The topological polar surface area (TPSA) is 41.9 Å². The Morgan fingerprint density at radius 1 is 1.36 bits per heavy atom. The molecule has 14 heavy (non-hydrogen) atoms. The van der Waals surface area contributed by atoms with Gasteiger partial charge >= 0.3 is 0 Å². The molecular formula is C10H21NO3. The van der Waals surface area contributed by atoms with Crippen LogP contribution in [0.4, 0.5) is 0 Å². The third kappa shape index (κ3) is 3.92. The first-order valence-electron chi connectivity index (χ1n) is 5.18. The smallest absolute Gasteiger partial charge is 0.0900 e. The molecule has 1 fully saturated rings. The molecule has 1 unspecified atom stereocenters. The van der Waals surface area contributed by atoms with E-state index in [0.29, 0.717) is 19.3 Å². The van der Waals surface area contributed by atoms with Crippen molar-refractivity contribution in [2.24, 2.45) is 0 Å². The van der Waals surface area contributed by atoms with Crippen LogP contribution >= 0.6 is 0 Å². The minimum atomic E-state index is -0.362. The van der Waals surface area contributed by atoms with Gasteiger partial charge in [0.25, 0.3) is 0 Å². The van der Waals surface area contributed by atoms with Crippen LogP contribution in [0.1, 0.15) is 12.8 Å². The SMILES string of the molecule is COCC(O)CN1CCC(OC)CC1. The Kier molecular flexibility index (Phi) is 5.40. The Labute approximate surface area is 85.8 Å². The number of nitrogens with zero attached hydrogens (tertiary/aromatic N) is 1. The van der Waals surface area contributed by atoms with Crippen molar-refractivity contribution >= 4 is 0 Å². The van der Waals surface area contributed by atoms with Crippen molar-refractivity contribution in [2.45, 2.75) is 25.0 Å². The van der Waals surface area contributed by atoms with Gasteiger partial charge in [0.15, 0.2) is 0 Å². The lowest BCUT2D eigenvalue weighted by molar-refractivity contribution is 0.00492. The molecule has 0 aromatic carbocycles. The van der Waals surface area contributed by atoms with E-state index >= 15 is 0 Å². The quantitative estimate of drug-likeness (QED) is 0.688. The number of hydrogen-bond acceptors (Lipinski definition) is 4. The first-order chi connectivity index (χ1) is 6.76. The van der Waals surface area contributed by atoms with Crippen LogP contribution in [0, 0.1) is 0 Å². The first-order valence-corrected chi connectivity index (χ1v) is 5.18. The van der Waals surface area contributed by atoms with Crippen LogP contribution in [-0.2, 0) is 9.47 Å². The van der Waals surface area contributed by atoms with Gasteiger partial charge in [-0.15, -0.1) is 0 Å². The van der Waals surface area contributed by atoms with Gasteiger partial charge in [-0.2, -0.15) is 0 Å². The molecule has 0 aromatic heterocycles. The summed E-state index contributed by atoms with van der Waals surface area (Å²) in [5.41, 5.74) is 0. The number of likely N-dealkylation sites (tertiary alicyclic amines) is 1. The average Bonchev–Trinajstić information content (AvgIpc) is 2.19. The molecule has 0 radical (unpaired) electrons. The summed E-state index contributed by atoms with van der Waals surface area (Å²) in [6.45, 7) is 3.16. The second-order valence-corrected chi connectivity index (χ2v) is 3.84. The normalized spacial score (nSPS) is 22.5. The van der Waals surface area contributed by atoms with E-state index in [1.165, 1.54) is 0 Å². The molecule has 0 amide bonds. The molecular weight excluding hydrogens is 182 g/mol. The molecule has 1 N–H and O–H groups in total. The maximum atomic E-state index is 9.53. The zero-order valence-corrected chi connectivity index (χ0v) is 9.11. The van der Waals surface area contributed by atoms with E-state index in [-0.39, 0.29) is 6.10 Å². The van der Waals surface area contributed by atoms with E-state index in [1.54, 1.807) is 14.2 Å². The molecule has 0 aromatic rings. The second-order valence-electron chi connectivity index (χ2n) is 3.84. The molecule has 4 heteroatoms. The summed E-state index contributed by atoms with van der Waals surface area (Å²) < 4.78 is 10.2. The highest BCUT2D eigenvalue weighted by molar-refractivity contribution is 4.74. The molecule has 1 saturated heterocycles. The van der Waals surface area contributed by atoms with Crippen LogP contribution in [-0.4, -0.2) is 62.7 Å². The van der Waals surface area contributed by atoms with Crippen LogP contribution in [0.5, 0.6) is 0 Å². The van der Waals surface area contributed by atoms with Crippen LogP contribution in [0.3, 0.4) is 0 Å². The Morgan fingerprint density at radius 3 is 2.50 bits per heavy atom. The summed E-state index contributed by atoms with van der Waals surface area (Å²) in [6, 6.07) is 0. The molecule has 84 valence electrons. The highest BCUT2D eigenvalue weighted by Gasteiger charge is 2.20. The molecule has 1 atom stereocenters. The van der Waals surface area contributed by atoms with Gasteiger partial charge in [-0.1, -0.05) is 0 Å². The minimum absolute atomic E-state index is 0.362. The van der Waals surface area contributed by atoms with Crippen LogP contribution in [0.2, 0.25) is 0 Å². The van der Waals surface area contributed by atoms with Crippen molar-refractivity contribution in [3.05, 3.63) is 0 Å². The fourth-order valence-corrected chi connectivity index (χ4v) is 1.87. The molecule has 0 saturated carbocycles. The lowest BCUT2D eigenvalue weighted by Gasteiger charge is -2.32. The third-order valence-corrected chi connectivity index (χ3v) is 2.70. The summed E-state index contributed by atoms with van der Waals surface area (Å²) >= 11 is 0. The summed E-state index contributed by atoms with van der Waals surface area (Å²) in [4.78, 5) is 2.26. The van der Waals surface area contributed by atoms with Gasteiger partial charge in [0.1, 0.15) is 0 Å². The van der Waals surface area contributed by atoms with E-state index < -0.39 is 0 Å². The zero-order chi connectivity index (χ0) is 10.4. The Hall–Kier alpha value is -0.160. The van der Waals surface area contributed by atoms with Gasteiger partial charge in [-0.05, 0) is 12.8 Å². The van der Waals surface area contributed by atoms with Crippen molar-refractivity contribution in [2.75, 3.05) is 40.5 Å². The van der Waals surface area contributed by atoms with E-state index in [1.807, 2.05) is 0 Å². The van der Waals surface area contributed by atoms with Crippen molar-refractivity contribution in [3.8, 4) is 0 Å². The molecule has 0 aliphatic carbocycles. The summed E-state index contributed by atoms with van der Waals surface area (Å²) in [5.74, 6) is 0. The van der Waals surface area contributed by atoms with E-state index in [0.717, 1.165) is 25.9 Å². The number of rotatable bonds is 5. The molecule has 4 nitrogen and oxygen atoms in total. The number of methoxy groups -OCH3 is 2. The highest BCUT2D eigenvalue weighted by Crippen LogP contribution is 2.12. The van der Waals surface area contributed by atoms with E-state index in [4.69, 9.17) is 9.47 Å². The first kappa shape index (κ1) is 11.9. The number of aliphatic hydroxyl groups excluding tert-OH is 1. The van der Waals surface area contributed by atoms with Gasteiger partial charge in [0.2, 0.25) is 0 Å². The predicted octanol–water partition coefficient (Wildman–Crippen LogP) is 0.105. The lowest BCUT2D eigenvalue weighted by atomic mass is 10.1.